The molecule has 0 heterocycles. The normalized spacial score (nSPS) is 13.8. The Morgan fingerprint density at radius 1 is 1.48 bits per heavy atom. The zero-order chi connectivity index (χ0) is 16.2. The molecule has 1 unspecified atom stereocenters. The number of nitrogens with one attached hydrogen (secondary N) is 1. The molecule has 1 aromatic rings. The van der Waals surface area contributed by atoms with Crippen LogP contribution >= 0.6 is 0 Å². The molecule has 116 valence electrons. The van der Waals surface area contributed by atoms with Crippen molar-refractivity contribution >= 4 is 17.3 Å². The van der Waals surface area contributed by atoms with Crippen LogP contribution in [0.4, 0.5) is 11.4 Å². The van der Waals surface area contributed by atoms with Crippen molar-refractivity contribution in [2.45, 2.75) is 32.8 Å². The molecule has 0 spiro atoms. The van der Waals surface area contributed by atoms with Crippen molar-refractivity contribution < 1.29 is 19.9 Å². The lowest BCUT2D eigenvalue weighted by molar-refractivity contribution is -0.385. The predicted octanol–water partition coefficient (Wildman–Crippen LogP) is 2.50. The highest BCUT2D eigenvalue weighted by Gasteiger charge is 2.23. The van der Waals surface area contributed by atoms with E-state index in [0.717, 1.165) is 6.07 Å². The minimum Gasteiger partial charge on any atom is -0.477 e. The summed E-state index contributed by atoms with van der Waals surface area (Å²) >= 11 is 0. The third-order valence-electron chi connectivity index (χ3n) is 2.95. The van der Waals surface area contributed by atoms with E-state index in [0.29, 0.717) is 18.0 Å². The van der Waals surface area contributed by atoms with Crippen LogP contribution in [0.15, 0.2) is 18.2 Å². The zero-order valence-electron chi connectivity index (χ0n) is 12.3. The topological polar surface area (TPSA) is 113 Å². The standard InChI is InChI=1S/C14H20N2O5/c1-9(2)7-14(3,19)8-15-10-4-5-11(13(17)18)12(6-10)16(20)21/h4-6,9,15,19H,7-8H2,1-3H3,(H,17,18). The van der Waals surface area contributed by atoms with Gasteiger partial charge in [0.2, 0.25) is 0 Å². The summed E-state index contributed by atoms with van der Waals surface area (Å²) in [6.45, 7) is 5.87. The SMILES string of the molecule is CC(C)CC(C)(O)CNc1ccc(C(=O)O)c([N+](=O)[O-])c1. The number of hydrogen-bond acceptors (Lipinski definition) is 5. The number of nitro groups is 1. The van der Waals surface area contributed by atoms with Crippen LogP contribution in [0, 0.1) is 16.0 Å². The monoisotopic (exact) mass is 296 g/mol. The summed E-state index contributed by atoms with van der Waals surface area (Å²) in [5.41, 5.74) is -1.39. The molecule has 0 aromatic heterocycles. The first-order valence-corrected chi connectivity index (χ1v) is 6.60. The second kappa shape index (κ2) is 6.53. The molecule has 1 atom stereocenters. The minimum absolute atomic E-state index is 0.217. The van der Waals surface area contributed by atoms with Crippen molar-refractivity contribution in [1.82, 2.24) is 0 Å². The van der Waals surface area contributed by atoms with Crippen molar-refractivity contribution in [2.24, 2.45) is 5.92 Å². The van der Waals surface area contributed by atoms with E-state index < -0.39 is 22.2 Å². The van der Waals surface area contributed by atoms with Gasteiger partial charge >= 0.3 is 5.97 Å². The molecule has 0 saturated heterocycles. The molecule has 3 N–H and O–H groups in total. The summed E-state index contributed by atoms with van der Waals surface area (Å²) in [4.78, 5) is 21.1. The molecular formula is C14H20N2O5. The molecule has 0 radical (unpaired) electrons. The van der Waals surface area contributed by atoms with Gasteiger partial charge in [0.05, 0.1) is 10.5 Å². The van der Waals surface area contributed by atoms with E-state index in [2.05, 4.69) is 5.32 Å². The average Bonchev–Trinajstić information content (AvgIpc) is 2.34. The Labute approximate surface area is 122 Å². The molecule has 1 aromatic carbocycles. The van der Waals surface area contributed by atoms with Gasteiger partial charge in [-0.25, -0.2) is 4.79 Å². The second-order valence-electron chi connectivity index (χ2n) is 5.74. The van der Waals surface area contributed by atoms with Gasteiger partial charge < -0.3 is 15.5 Å². The summed E-state index contributed by atoms with van der Waals surface area (Å²) in [5.74, 6) is -1.04. The van der Waals surface area contributed by atoms with Crippen LogP contribution < -0.4 is 5.32 Å². The van der Waals surface area contributed by atoms with Crippen LogP contribution in [0.2, 0.25) is 0 Å². The Balaban J connectivity index is 2.88. The Kier molecular flexibility index (Phi) is 5.26. The second-order valence-corrected chi connectivity index (χ2v) is 5.74. The number of carboxylic acids is 1. The summed E-state index contributed by atoms with van der Waals surface area (Å²) in [5, 5.41) is 32.9. The first kappa shape index (κ1) is 16.9. The summed E-state index contributed by atoms with van der Waals surface area (Å²) < 4.78 is 0. The Morgan fingerprint density at radius 3 is 2.57 bits per heavy atom. The first-order valence-electron chi connectivity index (χ1n) is 6.60. The minimum atomic E-state index is -1.35. The van der Waals surface area contributed by atoms with Gasteiger partial charge in [0.1, 0.15) is 5.56 Å². The molecule has 0 aliphatic rings. The Hall–Kier alpha value is -2.15. The number of rotatable bonds is 7. The lowest BCUT2D eigenvalue weighted by Gasteiger charge is -2.26. The molecule has 0 saturated carbocycles. The van der Waals surface area contributed by atoms with Crippen LogP contribution in [-0.4, -0.2) is 33.3 Å². The van der Waals surface area contributed by atoms with E-state index in [1.54, 1.807) is 6.92 Å². The average molecular weight is 296 g/mol. The fourth-order valence-corrected chi connectivity index (χ4v) is 2.22. The van der Waals surface area contributed by atoms with Gasteiger partial charge in [0, 0.05) is 18.3 Å². The molecule has 0 aliphatic heterocycles. The van der Waals surface area contributed by atoms with Crippen LogP contribution in [0.3, 0.4) is 0 Å². The van der Waals surface area contributed by atoms with Crippen molar-refractivity contribution in [3.05, 3.63) is 33.9 Å². The van der Waals surface area contributed by atoms with Gasteiger partial charge in [0.25, 0.3) is 5.69 Å². The lowest BCUT2D eigenvalue weighted by Crippen LogP contribution is -2.34. The molecule has 21 heavy (non-hydrogen) atoms. The van der Waals surface area contributed by atoms with Crippen LogP contribution in [0.25, 0.3) is 0 Å². The maximum atomic E-state index is 10.9. The molecule has 0 bridgehead atoms. The summed E-state index contributed by atoms with van der Waals surface area (Å²) in [7, 11) is 0. The van der Waals surface area contributed by atoms with Gasteiger partial charge in [-0.15, -0.1) is 0 Å². The Bertz CT molecular complexity index is 540. The Morgan fingerprint density at radius 2 is 2.10 bits per heavy atom. The van der Waals surface area contributed by atoms with Crippen LogP contribution in [0.5, 0.6) is 0 Å². The molecule has 1 rings (SSSR count). The fraction of sp³-hybridized carbons (Fsp3) is 0.500. The largest absolute Gasteiger partial charge is 0.477 e. The quantitative estimate of drug-likeness (QED) is 0.526. The van der Waals surface area contributed by atoms with E-state index >= 15 is 0 Å². The highest BCUT2D eigenvalue weighted by Crippen LogP contribution is 2.24. The third-order valence-corrected chi connectivity index (χ3v) is 2.95. The van der Waals surface area contributed by atoms with E-state index in [1.807, 2.05) is 13.8 Å². The molecule has 0 fully saturated rings. The highest BCUT2D eigenvalue weighted by molar-refractivity contribution is 5.93. The fourth-order valence-electron chi connectivity index (χ4n) is 2.22. The van der Waals surface area contributed by atoms with Gasteiger partial charge in [-0.2, -0.15) is 0 Å². The van der Waals surface area contributed by atoms with E-state index in [-0.39, 0.29) is 12.1 Å². The van der Waals surface area contributed by atoms with Gasteiger partial charge in [-0.3, -0.25) is 10.1 Å². The molecule has 7 heteroatoms. The highest BCUT2D eigenvalue weighted by atomic mass is 16.6. The summed E-state index contributed by atoms with van der Waals surface area (Å²) in [6.07, 6.45) is 0.579. The molecule has 0 aliphatic carbocycles. The van der Waals surface area contributed by atoms with Crippen molar-refractivity contribution in [2.75, 3.05) is 11.9 Å². The molecular weight excluding hydrogens is 276 g/mol. The van der Waals surface area contributed by atoms with Crippen LogP contribution in [0.1, 0.15) is 37.6 Å². The number of aromatic carboxylic acids is 1. The number of benzene rings is 1. The van der Waals surface area contributed by atoms with Crippen molar-refractivity contribution in [3.63, 3.8) is 0 Å². The summed E-state index contributed by atoms with van der Waals surface area (Å²) in [6, 6.07) is 3.79. The van der Waals surface area contributed by atoms with Crippen molar-refractivity contribution in [3.8, 4) is 0 Å². The van der Waals surface area contributed by atoms with Crippen molar-refractivity contribution in [1.29, 1.82) is 0 Å². The number of nitrogens with zero attached hydrogens (tertiary/aromatic N) is 1. The molecule has 7 nitrogen and oxygen atoms in total. The number of hydrogen-bond donors (Lipinski definition) is 3. The predicted molar refractivity (Wildman–Crippen MR) is 78.6 cm³/mol. The van der Waals surface area contributed by atoms with Gasteiger partial charge in [0.15, 0.2) is 0 Å². The first-order chi connectivity index (χ1) is 9.62. The van der Waals surface area contributed by atoms with E-state index in [1.165, 1.54) is 12.1 Å². The number of aliphatic hydroxyl groups is 1. The number of carboxylic acid groups (broad SMARTS) is 1. The van der Waals surface area contributed by atoms with Gasteiger partial charge in [-0.1, -0.05) is 13.8 Å². The maximum Gasteiger partial charge on any atom is 0.342 e. The maximum absolute atomic E-state index is 10.9. The molecule has 0 amide bonds. The lowest BCUT2D eigenvalue weighted by atomic mass is 9.94. The number of nitro benzene ring substituents is 1. The van der Waals surface area contributed by atoms with Gasteiger partial charge in [-0.05, 0) is 31.4 Å². The number of anilines is 1. The van der Waals surface area contributed by atoms with E-state index in [9.17, 15) is 20.0 Å². The zero-order valence-corrected chi connectivity index (χ0v) is 12.3. The van der Waals surface area contributed by atoms with Crippen LogP contribution in [-0.2, 0) is 0 Å². The third kappa shape index (κ3) is 5.03. The van der Waals surface area contributed by atoms with E-state index in [4.69, 9.17) is 5.11 Å². The smallest absolute Gasteiger partial charge is 0.342 e. The number of carbonyl (C=O) groups is 1.